The fraction of sp³-hybridized carbons (Fsp3) is 0.143. The zero-order valence-electron chi connectivity index (χ0n) is 9.64. The van der Waals surface area contributed by atoms with Crippen molar-refractivity contribution in [2.75, 3.05) is 5.32 Å². The molecule has 0 saturated heterocycles. The third-order valence-electron chi connectivity index (χ3n) is 2.08. The van der Waals surface area contributed by atoms with Crippen LogP contribution in [0.25, 0.3) is 0 Å². The van der Waals surface area contributed by atoms with Gasteiger partial charge in [-0.15, -0.1) is 0 Å². The Labute approximate surface area is 101 Å². The lowest BCUT2D eigenvalue weighted by molar-refractivity contribution is 1.14. The minimum absolute atomic E-state index is 0.569. The molecule has 84 valence electrons. The number of hydrogen-bond donors (Lipinski definition) is 1. The van der Waals surface area contributed by atoms with Gasteiger partial charge in [0, 0.05) is 18.3 Å². The lowest BCUT2D eigenvalue weighted by Gasteiger charge is -2.03. The number of nitrogens with one attached hydrogen (secondary N) is 1. The van der Waals surface area contributed by atoms with Crippen LogP contribution < -0.4 is 5.32 Å². The average Bonchev–Trinajstić information content (AvgIpc) is 2.38. The quantitative estimate of drug-likeness (QED) is 0.795. The molecule has 2 aromatic rings. The van der Waals surface area contributed by atoms with E-state index in [0.717, 1.165) is 17.8 Å². The topological polar surface area (TPSA) is 37.8 Å². The Bertz CT molecular complexity index is 538. The van der Waals surface area contributed by atoms with Crippen LogP contribution >= 0.6 is 0 Å². The Morgan fingerprint density at radius 3 is 2.76 bits per heavy atom. The number of hydrogen-bond acceptors (Lipinski definition) is 3. The van der Waals surface area contributed by atoms with E-state index in [1.165, 1.54) is 0 Å². The van der Waals surface area contributed by atoms with Crippen molar-refractivity contribution in [1.82, 2.24) is 9.97 Å². The van der Waals surface area contributed by atoms with Crippen LogP contribution in [-0.4, -0.2) is 9.97 Å². The first-order valence-corrected chi connectivity index (χ1v) is 5.52. The predicted molar refractivity (Wildman–Crippen MR) is 68.9 cm³/mol. The van der Waals surface area contributed by atoms with Gasteiger partial charge in [-0.05, 0) is 24.1 Å². The van der Waals surface area contributed by atoms with Gasteiger partial charge < -0.3 is 5.32 Å². The Kier molecular flexibility index (Phi) is 3.72. The lowest BCUT2D eigenvalue weighted by atomic mass is 10.3. The highest BCUT2D eigenvalue weighted by Gasteiger charge is 1.97. The van der Waals surface area contributed by atoms with E-state index in [1.54, 1.807) is 12.3 Å². The molecule has 0 fully saturated rings. The van der Waals surface area contributed by atoms with Gasteiger partial charge in [-0.25, -0.2) is 9.97 Å². The number of benzene rings is 1. The SMILES string of the molecule is CCC#Cc1ccnc(Nc2ccccc2)n1. The fourth-order valence-corrected chi connectivity index (χ4v) is 1.32. The molecule has 0 amide bonds. The zero-order valence-corrected chi connectivity index (χ0v) is 9.64. The van der Waals surface area contributed by atoms with Crippen molar-refractivity contribution in [2.24, 2.45) is 0 Å². The highest BCUT2D eigenvalue weighted by Crippen LogP contribution is 2.11. The maximum atomic E-state index is 4.31. The summed E-state index contributed by atoms with van der Waals surface area (Å²) in [6, 6.07) is 11.6. The maximum absolute atomic E-state index is 4.31. The highest BCUT2D eigenvalue weighted by atomic mass is 15.1. The van der Waals surface area contributed by atoms with E-state index < -0.39 is 0 Å². The van der Waals surface area contributed by atoms with Gasteiger partial charge in [-0.3, -0.25) is 0 Å². The van der Waals surface area contributed by atoms with Crippen LogP contribution in [0, 0.1) is 11.8 Å². The van der Waals surface area contributed by atoms with Gasteiger partial charge in [0.15, 0.2) is 0 Å². The van der Waals surface area contributed by atoms with E-state index in [-0.39, 0.29) is 0 Å². The molecule has 1 aromatic carbocycles. The summed E-state index contributed by atoms with van der Waals surface area (Å²) in [5.74, 6) is 6.54. The van der Waals surface area contributed by atoms with Crippen LogP contribution in [0.5, 0.6) is 0 Å². The summed E-state index contributed by atoms with van der Waals surface area (Å²) in [4.78, 5) is 8.46. The van der Waals surface area contributed by atoms with E-state index >= 15 is 0 Å². The molecule has 1 N–H and O–H groups in total. The van der Waals surface area contributed by atoms with Gasteiger partial charge in [0.25, 0.3) is 0 Å². The molecule has 3 nitrogen and oxygen atoms in total. The number of rotatable bonds is 2. The van der Waals surface area contributed by atoms with E-state index in [4.69, 9.17) is 0 Å². The minimum Gasteiger partial charge on any atom is -0.324 e. The number of anilines is 2. The highest BCUT2D eigenvalue weighted by molar-refractivity contribution is 5.53. The first-order valence-electron chi connectivity index (χ1n) is 5.52. The first kappa shape index (κ1) is 11.2. The van der Waals surface area contributed by atoms with Gasteiger partial charge in [-0.1, -0.05) is 31.0 Å². The minimum atomic E-state index is 0.569. The predicted octanol–water partition coefficient (Wildman–Crippen LogP) is 2.98. The summed E-state index contributed by atoms with van der Waals surface area (Å²) in [5, 5.41) is 3.13. The van der Waals surface area contributed by atoms with Crippen molar-refractivity contribution in [1.29, 1.82) is 0 Å². The van der Waals surface area contributed by atoms with E-state index in [9.17, 15) is 0 Å². The van der Waals surface area contributed by atoms with Crippen molar-refractivity contribution in [3.63, 3.8) is 0 Å². The van der Waals surface area contributed by atoms with Crippen LogP contribution in [0.15, 0.2) is 42.6 Å². The molecule has 0 bridgehead atoms. The van der Waals surface area contributed by atoms with E-state index in [2.05, 4.69) is 27.1 Å². The van der Waals surface area contributed by atoms with Crippen LogP contribution in [0.4, 0.5) is 11.6 Å². The fourth-order valence-electron chi connectivity index (χ4n) is 1.32. The smallest absolute Gasteiger partial charge is 0.228 e. The van der Waals surface area contributed by atoms with Crippen LogP contribution in [0.2, 0.25) is 0 Å². The van der Waals surface area contributed by atoms with Crippen molar-refractivity contribution in [3.05, 3.63) is 48.3 Å². The molecular formula is C14H13N3. The monoisotopic (exact) mass is 223 g/mol. The number of nitrogens with zero attached hydrogens (tertiary/aromatic N) is 2. The number of aromatic nitrogens is 2. The van der Waals surface area contributed by atoms with Crippen LogP contribution in [0.1, 0.15) is 19.0 Å². The molecule has 0 saturated carbocycles. The average molecular weight is 223 g/mol. The largest absolute Gasteiger partial charge is 0.324 e. The lowest BCUT2D eigenvalue weighted by Crippen LogP contribution is -1.97. The van der Waals surface area contributed by atoms with Gasteiger partial charge in [0.1, 0.15) is 5.69 Å². The van der Waals surface area contributed by atoms with Gasteiger partial charge in [-0.2, -0.15) is 0 Å². The van der Waals surface area contributed by atoms with Gasteiger partial charge in [0.2, 0.25) is 5.95 Å². The van der Waals surface area contributed by atoms with Gasteiger partial charge >= 0.3 is 0 Å². The van der Waals surface area contributed by atoms with Crippen LogP contribution in [0.3, 0.4) is 0 Å². The molecule has 0 spiro atoms. The molecule has 0 radical (unpaired) electrons. The molecular weight excluding hydrogens is 210 g/mol. The molecule has 0 aliphatic carbocycles. The molecule has 0 atom stereocenters. The van der Waals surface area contributed by atoms with Crippen molar-refractivity contribution >= 4 is 11.6 Å². The third-order valence-corrected chi connectivity index (χ3v) is 2.08. The summed E-state index contributed by atoms with van der Waals surface area (Å²) in [5.41, 5.74) is 1.70. The second-order valence-electron chi connectivity index (χ2n) is 3.41. The van der Waals surface area contributed by atoms with Crippen LogP contribution in [-0.2, 0) is 0 Å². The summed E-state index contributed by atoms with van der Waals surface area (Å²) in [6.07, 6.45) is 2.53. The Morgan fingerprint density at radius 2 is 2.00 bits per heavy atom. The Balaban J connectivity index is 2.17. The molecule has 2 rings (SSSR count). The zero-order chi connectivity index (χ0) is 11.9. The molecule has 0 unspecified atom stereocenters. The normalized spacial score (nSPS) is 9.24. The molecule has 17 heavy (non-hydrogen) atoms. The number of para-hydroxylation sites is 1. The standard InChI is InChI=1S/C14H13N3/c1-2-3-7-13-10-11-15-14(17-13)16-12-8-5-4-6-9-12/h4-6,8-11H,2H2,1H3,(H,15,16,17). The Hall–Kier alpha value is -2.34. The van der Waals surface area contributed by atoms with Gasteiger partial charge in [0.05, 0.1) is 0 Å². The first-order chi connectivity index (χ1) is 8.38. The molecule has 3 heteroatoms. The summed E-state index contributed by atoms with van der Waals surface area (Å²) in [6.45, 7) is 2.01. The summed E-state index contributed by atoms with van der Waals surface area (Å²) >= 11 is 0. The second-order valence-corrected chi connectivity index (χ2v) is 3.41. The van der Waals surface area contributed by atoms with Crippen molar-refractivity contribution < 1.29 is 0 Å². The van der Waals surface area contributed by atoms with Crippen molar-refractivity contribution in [2.45, 2.75) is 13.3 Å². The molecule has 1 aromatic heterocycles. The maximum Gasteiger partial charge on any atom is 0.228 e. The van der Waals surface area contributed by atoms with E-state index in [0.29, 0.717) is 5.95 Å². The molecule has 1 heterocycles. The second kappa shape index (κ2) is 5.66. The molecule has 0 aliphatic rings. The Morgan fingerprint density at radius 1 is 1.18 bits per heavy atom. The third kappa shape index (κ3) is 3.32. The molecule has 0 aliphatic heterocycles. The van der Waals surface area contributed by atoms with E-state index in [1.807, 2.05) is 37.3 Å². The summed E-state index contributed by atoms with van der Waals surface area (Å²) < 4.78 is 0. The van der Waals surface area contributed by atoms with Crippen molar-refractivity contribution in [3.8, 4) is 11.8 Å². The summed E-state index contributed by atoms with van der Waals surface area (Å²) in [7, 11) is 0.